The maximum atomic E-state index is 12.1. The summed E-state index contributed by atoms with van der Waals surface area (Å²) in [5, 5.41) is 1.16. The summed E-state index contributed by atoms with van der Waals surface area (Å²) in [5.41, 5.74) is 3.36. The number of rotatable bonds is 7. The van der Waals surface area contributed by atoms with Crippen molar-refractivity contribution >= 4 is 12.0 Å². The topological polar surface area (TPSA) is 58.2 Å². The molecule has 0 aliphatic heterocycles. The van der Waals surface area contributed by atoms with Crippen LogP contribution in [0.1, 0.15) is 28.2 Å². The van der Waals surface area contributed by atoms with E-state index < -0.39 is 5.41 Å². The van der Waals surface area contributed by atoms with Gasteiger partial charge in [-0.2, -0.15) is 0 Å². The van der Waals surface area contributed by atoms with Crippen molar-refractivity contribution in [2.45, 2.75) is 5.41 Å². The zero-order valence-corrected chi connectivity index (χ0v) is 18.1. The highest BCUT2D eigenvalue weighted by molar-refractivity contribution is 5.90. The normalized spacial score (nSPS) is 11.6. The second-order valence-electron chi connectivity index (χ2n) is 7.39. The summed E-state index contributed by atoms with van der Waals surface area (Å²) in [5.74, 6) is 0.511. The number of hydrogen-bond acceptors (Lipinski definition) is 3. The minimum absolute atomic E-state index is 0.260. The predicted molar refractivity (Wildman–Crippen MR) is 126 cm³/mol. The van der Waals surface area contributed by atoms with Gasteiger partial charge in [-0.1, -0.05) is 91.0 Å². The highest BCUT2D eigenvalue weighted by Crippen LogP contribution is 2.43. The van der Waals surface area contributed by atoms with Crippen LogP contribution in [0.5, 0.6) is 0 Å². The van der Waals surface area contributed by atoms with Crippen LogP contribution >= 0.6 is 0 Å². The molecule has 0 fully saturated rings. The molecule has 0 spiro atoms. The van der Waals surface area contributed by atoms with Crippen molar-refractivity contribution in [3.63, 3.8) is 0 Å². The number of carbonyl (C=O) groups is 1. The molecule has 0 aliphatic rings. The summed E-state index contributed by atoms with van der Waals surface area (Å²) >= 11 is 0. The molecule has 1 aromatic heterocycles. The van der Waals surface area contributed by atoms with Crippen LogP contribution < -0.4 is 0 Å². The largest absolute Gasteiger partial charge is 0.341 e. The van der Waals surface area contributed by atoms with Gasteiger partial charge in [-0.3, -0.25) is 9.63 Å². The quantitative estimate of drug-likeness (QED) is 0.263. The minimum atomic E-state index is -0.650. The molecule has 0 atom stereocenters. The van der Waals surface area contributed by atoms with Crippen molar-refractivity contribution in [2.75, 3.05) is 14.2 Å². The zero-order chi connectivity index (χ0) is 22.4. The second-order valence-corrected chi connectivity index (χ2v) is 7.39. The maximum absolute atomic E-state index is 12.1. The third-order valence-corrected chi connectivity index (χ3v) is 5.56. The van der Waals surface area contributed by atoms with Crippen molar-refractivity contribution in [1.29, 1.82) is 0 Å². The number of aromatic amines is 1. The first-order valence-electron chi connectivity index (χ1n) is 10.4. The Morgan fingerprint density at radius 2 is 1.34 bits per heavy atom. The predicted octanol–water partition coefficient (Wildman–Crippen LogP) is 4.83. The Hall–Kier alpha value is -3.96. The van der Waals surface area contributed by atoms with E-state index in [-0.39, 0.29) is 5.91 Å². The molecule has 4 rings (SSSR count). The molecule has 0 unspecified atom stereocenters. The number of amides is 1. The van der Waals surface area contributed by atoms with Gasteiger partial charge in [0, 0.05) is 13.1 Å². The van der Waals surface area contributed by atoms with E-state index in [0.29, 0.717) is 0 Å². The molecule has 1 amide bonds. The fourth-order valence-electron chi connectivity index (χ4n) is 3.94. The van der Waals surface area contributed by atoms with Gasteiger partial charge in [0.25, 0.3) is 5.91 Å². The number of nitrogens with zero attached hydrogens (tertiary/aromatic N) is 2. The highest BCUT2D eigenvalue weighted by Gasteiger charge is 2.40. The van der Waals surface area contributed by atoms with Crippen LogP contribution in [0.2, 0.25) is 0 Å². The molecule has 4 aromatic rings. The molecule has 0 bridgehead atoms. The molecule has 0 saturated carbocycles. The summed E-state index contributed by atoms with van der Waals surface area (Å²) < 4.78 is 0. The lowest BCUT2D eigenvalue weighted by Gasteiger charge is -2.34. The van der Waals surface area contributed by atoms with Gasteiger partial charge in [-0.25, -0.2) is 10.0 Å². The van der Waals surface area contributed by atoms with Crippen molar-refractivity contribution in [2.24, 2.45) is 0 Å². The molecule has 5 nitrogen and oxygen atoms in total. The lowest BCUT2D eigenvalue weighted by atomic mass is 9.69. The standard InChI is InChI=1S/C27H25N3O2/c1-30(32-2)25(31)19-18-24-20-28-26(29-24)27(21-12-6-3-7-13-21,22-14-8-4-9-15-22)23-16-10-5-11-17-23/h3-20H,1-2H3,(H,28,29)/b19-18+. The first-order chi connectivity index (χ1) is 15.7. The van der Waals surface area contributed by atoms with E-state index in [0.717, 1.165) is 33.3 Å². The summed E-state index contributed by atoms with van der Waals surface area (Å²) in [6.45, 7) is 0. The summed E-state index contributed by atoms with van der Waals surface area (Å²) in [4.78, 5) is 25.3. The van der Waals surface area contributed by atoms with E-state index in [4.69, 9.17) is 9.82 Å². The number of carbonyl (C=O) groups excluding carboxylic acids is 1. The van der Waals surface area contributed by atoms with Gasteiger partial charge in [-0.15, -0.1) is 0 Å². The Morgan fingerprint density at radius 1 is 0.875 bits per heavy atom. The third kappa shape index (κ3) is 3.98. The van der Waals surface area contributed by atoms with Gasteiger partial charge in [0.05, 0.1) is 19.0 Å². The molecule has 160 valence electrons. The summed E-state index contributed by atoms with van der Waals surface area (Å²) in [7, 11) is 3.02. The Morgan fingerprint density at radius 3 is 1.78 bits per heavy atom. The fraction of sp³-hybridized carbons (Fsp3) is 0.111. The zero-order valence-electron chi connectivity index (χ0n) is 18.1. The Labute approximate surface area is 188 Å². The van der Waals surface area contributed by atoms with Gasteiger partial charge >= 0.3 is 0 Å². The van der Waals surface area contributed by atoms with E-state index in [1.165, 1.54) is 13.2 Å². The number of aromatic nitrogens is 2. The molecular formula is C27H25N3O2. The monoisotopic (exact) mass is 423 g/mol. The van der Waals surface area contributed by atoms with E-state index in [1.807, 2.05) is 54.6 Å². The molecular weight excluding hydrogens is 398 g/mol. The SMILES string of the molecule is CON(C)C(=O)/C=C/c1cnc(C(c2ccccc2)(c2ccccc2)c2ccccc2)[nH]1. The average molecular weight is 424 g/mol. The van der Waals surface area contributed by atoms with E-state index in [9.17, 15) is 4.79 Å². The highest BCUT2D eigenvalue weighted by atomic mass is 16.7. The molecule has 0 saturated heterocycles. The maximum Gasteiger partial charge on any atom is 0.269 e. The van der Waals surface area contributed by atoms with Gasteiger partial charge in [0.1, 0.15) is 11.2 Å². The fourth-order valence-corrected chi connectivity index (χ4v) is 3.94. The lowest BCUT2D eigenvalue weighted by Crippen LogP contribution is -2.32. The molecule has 0 aliphatic carbocycles. The first kappa shape index (κ1) is 21.3. The van der Waals surface area contributed by atoms with Crippen LogP contribution in [-0.4, -0.2) is 35.1 Å². The van der Waals surface area contributed by atoms with Gasteiger partial charge < -0.3 is 4.98 Å². The lowest BCUT2D eigenvalue weighted by molar-refractivity contribution is -0.162. The molecule has 1 N–H and O–H groups in total. The van der Waals surface area contributed by atoms with Crippen LogP contribution in [0.4, 0.5) is 0 Å². The van der Waals surface area contributed by atoms with Gasteiger partial charge in [0.15, 0.2) is 0 Å². The molecule has 0 radical (unpaired) electrons. The average Bonchev–Trinajstić information content (AvgIpc) is 3.34. The summed E-state index contributed by atoms with van der Waals surface area (Å²) in [6.07, 6.45) is 4.91. The number of benzene rings is 3. The third-order valence-electron chi connectivity index (χ3n) is 5.56. The van der Waals surface area contributed by atoms with Crippen LogP contribution in [0, 0.1) is 0 Å². The molecule has 5 heteroatoms. The Balaban J connectivity index is 1.91. The van der Waals surface area contributed by atoms with Crippen molar-refractivity contribution in [3.8, 4) is 0 Å². The van der Waals surface area contributed by atoms with E-state index in [2.05, 4.69) is 41.4 Å². The number of hydrogen-bond donors (Lipinski definition) is 1. The number of nitrogens with one attached hydrogen (secondary N) is 1. The number of H-pyrrole nitrogens is 1. The number of imidazole rings is 1. The molecule has 32 heavy (non-hydrogen) atoms. The van der Waals surface area contributed by atoms with Crippen LogP contribution in [-0.2, 0) is 15.0 Å². The van der Waals surface area contributed by atoms with E-state index >= 15 is 0 Å². The van der Waals surface area contributed by atoms with Crippen molar-refractivity contribution in [3.05, 3.63) is 131 Å². The Kier molecular flexibility index (Phi) is 6.29. The number of hydroxylamine groups is 2. The minimum Gasteiger partial charge on any atom is -0.341 e. The Bertz CT molecular complexity index is 1090. The molecule has 1 heterocycles. The first-order valence-corrected chi connectivity index (χ1v) is 10.4. The number of likely N-dealkylation sites (N-methyl/N-ethyl adjacent to an activating group) is 1. The van der Waals surface area contributed by atoms with Gasteiger partial charge in [-0.05, 0) is 22.8 Å². The summed E-state index contributed by atoms with van der Waals surface area (Å²) in [6, 6.07) is 31.0. The van der Waals surface area contributed by atoms with Crippen LogP contribution in [0.15, 0.2) is 103 Å². The van der Waals surface area contributed by atoms with Gasteiger partial charge in [0.2, 0.25) is 0 Å². The second kappa shape index (κ2) is 9.45. The smallest absolute Gasteiger partial charge is 0.269 e. The van der Waals surface area contributed by atoms with Crippen LogP contribution in [0.3, 0.4) is 0 Å². The van der Waals surface area contributed by atoms with Crippen LogP contribution in [0.25, 0.3) is 6.08 Å². The van der Waals surface area contributed by atoms with E-state index in [1.54, 1.807) is 19.3 Å². The van der Waals surface area contributed by atoms with Crippen molar-refractivity contribution in [1.82, 2.24) is 15.0 Å². The van der Waals surface area contributed by atoms with Crippen molar-refractivity contribution < 1.29 is 9.63 Å². The molecule has 3 aromatic carbocycles.